The van der Waals surface area contributed by atoms with Crippen LogP contribution in [-0.4, -0.2) is 25.8 Å². The van der Waals surface area contributed by atoms with Crippen LogP contribution in [0.5, 0.6) is 0 Å². The summed E-state index contributed by atoms with van der Waals surface area (Å²) in [5.74, 6) is -0.230. The summed E-state index contributed by atoms with van der Waals surface area (Å²) in [5, 5.41) is 2.76. The van der Waals surface area contributed by atoms with Crippen LogP contribution in [0.3, 0.4) is 0 Å². The average Bonchev–Trinajstić information content (AvgIpc) is 2.95. The number of carbonyl (C=O) groups excluding carboxylic acids is 1. The van der Waals surface area contributed by atoms with Crippen molar-refractivity contribution in [2.75, 3.05) is 5.32 Å². The molecule has 0 aliphatic rings. The number of aromatic nitrogens is 4. The SMILES string of the molecule is O=C(C=Cc1ccccc1)Nc1nc(Cl)c2[nH]cnc2n1. The molecule has 2 heterocycles. The Balaban J connectivity index is 1.75. The first-order chi connectivity index (χ1) is 10.2. The second-order valence-corrected chi connectivity index (χ2v) is 4.53. The highest BCUT2D eigenvalue weighted by Gasteiger charge is 2.09. The van der Waals surface area contributed by atoms with E-state index in [1.54, 1.807) is 6.08 Å². The average molecular weight is 300 g/mol. The second kappa shape index (κ2) is 5.72. The van der Waals surface area contributed by atoms with E-state index in [-0.39, 0.29) is 17.0 Å². The summed E-state index contributed by atoms with van der Waals surface area (Å²) < 4.78 is 0. The predicted octanol–water partition coefficient (Wildman–Crippen LogP) is 2.66. The zero-order chi connectivity index (χ0) is 14.7. The number of imidazole rings is 1. The van der Waals surface area contributed by atoms with Gasteiger partial charge in [-0.15, -0.1) is 0 Å². The number of carbonyl (C=O) groups is 1. The molecule has 2 aromatic heterocycles. The summed E-state index contributed by atoms with van der Waals surface area (Å²) in [6.45, 7) is 0. The van der Waals surface area contributed by atoms with Crippen LogP contribution in [0.15, 0.2) is 42.7 Å². The number of hydrogen-bond donors (Lipinski definition) is 2. The Hall–Kier alpha value is -2.73. The summed E-state index contributed by atoms with van der Waals surface area (Å²) in [4.78, 5) is 26.7. The van der Waals surface area contributed by atoms with Crippen LogP contribution < -0.4 is 5.32 Å². The topological polar surface area (TPSA) is 83.6 Å². The lowest BCUT2D eigenvalue weighted by Crippen LogP contribution is -2.11. The molecule has 0 saturated carbocycles. The Morgan fingerprint density at radius 2 is 2.05 bits per heavy atom. The van der Waals surface area contributed by atoms with Crippen molar-refractivity contribution in [1.82, 2.24) is 19.9 Å². The van der Waals surface area contributed by atoms with E-state index >= 15 is 0 Å². The third-order valence-electron chi connectivity index (χ3n) is 2.70. The van der Waals surface area contributed by atoms with Crippen molar-refractivity contribution >= 4 is 40.7 Å². The maximum absolute atomic E-state index is 11.8. The number of nitrogens with zero attached hydrogens (tertiary/aromatic N) is 3. The fourth-order valence-electron chi connectivity index (χ4n) is 1.74. The molecular weight excluding hydrogens is 290 g/mol. The third-order valence-corrected chi connectivity index (χ3v) is 2.98. The van der Waals surface area contributed by atoms with E-state index in [1.807, 2.05) is 30.3 Å². The molecule has 7 heteroatoms. The number of aromatic amines is 1. The molecule has 0 bridgehead atoms. The Morgan fingerprint density at radius 3 is 2.86 bits per heavy atom. The number of anilines is 1. The van der Waals surface area contributed by atoms with Crippen molar-refractivity contribution in [2.45, 2.75) is 0 Å². The number of halogens is 1. The van der Waals surface area contributed by atoms with E-state index < -0.39 is 0 Å². The van der Waals surface area contributed by atoms with Gasteiger partial charge in [-0.25, -0.2) is 4.98 Å². The van der Waals surface area contributed by atoms with Crippen LogP contribution in [0.2, 0.25) is 5.15 Å². The van der Waals surface area contributed by atoms with Crippen molar-refractivity contribution in [2.24, 2.45) is 0 Å². The number of benzene rings is 1. The summed E-state index contributed by atoms with van der Waals surface area (Å²) in [7, 11) is 0. The first-order valence-electron chi connectivity index (χ1n) is 6.13. The number of rotatable bonds is 3. The summed E-state index contributed by atoms with van der Waals surface area (Å²) in [5.41, 5.74) is 1.86. The van der Waals surface area contributed by atoms with E-state index in [4.69, 9.17) is 11.6 Å². The minimum Gasteiger partial charge on any atom is -0.341 e. The first-order valence-corrected chi connectivity index (χ1v) is 6.51. The zero-order valence-electron chi connectivity index (χ0n) is 10.7. The maximum atomic E-state index is 11.8. The number of amides is 1. The Bertz CT molecular complexity index is 813. The van der Waals surface area contributed by atoms with Crippen LogP contribution in [-0.2, 0) is 4.79 Å². The number of nitrogens with one attached hydrogen (secondary N) is 2. The quantitative estimate of drug-likeness (QED) is 0.575. The van der Waals surface area contributed by atoms with Crippen molar-refractivity contribution < 1.29 is 4.79 Å². The van der Waals surface area contributed by atoms with Gasteiger partial charge < -0.3 is 4.98 Å². The van der Waals surface area contributed by atoms with Gasteiger partial charge in [-0.1, -0.05) is 41.9 Å². The first kappa shape index (κ1) is 13.3. The molecule has 0 spiro atoms. The minimum absolute atomic E-state index is 0.113. The molecule has 0 aliphatic carbocycles. The molecule has 3 rings (SSSR count). The monoisotopic (exact) mass is 299 g/mol. The number of hydrogen-bond acceptors (Lipinski definition) is 4. The van der Waals surface area contributed by atoms with Gasteiger partial charge in [-0.2, -0.15) is 9.97 Å². The Kier molecular flexibility index (Phi) is 3.61. The van der Waals surface area contributed by atoms with Crippen LogP contribution in [0.1, 0.15) is 5.56 Å². The fourth-order valence-corrected chi connectivity index (χ4v) is 1.96. The minimum atomic E-state index is -0.343. The molecule has 1 amide bonds. The van der Waals surface area contributed by atoms with Gasteiger partial charge in [0.2, 0.25) is 5.95 Å². The largest absolute Gasteiger partial charge is 0.341 e. The molecule has 2 N–H and O–H groups in total. The van der Waals surface area contributed by atoms with Gasteiger partial charge in [-0.05, 0) is 11.6 Å². The number of H-pyrrole nitrogens is 1. The lowest BCUT2D eigenvalue weighted by atomic mass is 10.2. The molecule has 21 heavy (non-hydrogen) atoms. The molecule has 0 saturated heterocycles. The van der Waals surface area contributed by atoms with Crippen LogP contribution >= 0.6 is 11.6 Å². The maximum Gasteiger partial charge on any atom is 0.250 e. The molecule has 0 aliphatic heterocycles. The second-order valence-electron chi connectivity index (χ2n) is 4.17. The van der Waals surface area contributed by atoms with E-state index in [0.29, 0.717) is 11.2 Å². The highest BCUT2D eigenvalue weighted by Crippen LogP contribution is 2.18. The van der Waals surface area contributed by atoms with Gasteiger partial charge in [0.1, 0.15) is 5.52 Å². The van der Waals surface area contributed by atoms with Crippen LogP contribution in [0.4, 0.5) is 5.95 Å². The van der Waals surface area contributed by atoms with Crippen LogP contribution in [0.25, 0.3) is 17.2 Å². The van der Waals surface area contributed by atoms with E-state index in [9.17, 15) is 4.79 Å². The smallest absolute Gasteiger partial charge is 0.250 e. The molecule has 1 aromatic carbocycles. The van der Waals surface area contributed by atoms with Crippen molar-refractivity contribution in [3.8, 4) is 0 Å². The predicted molar refractivity (Wildman–Crippen MR) is 80.8 cm³/mol. The molecule has 6 nitrogen and oxygen atoms in total. The molecule has 0 fully saturated rings. The van der Waals surface area contributed by atoms with Gasteiger partial charge in [0, 0.05) is 6.08 Å². The van der Waals surface area contributed by atoms with E-state index in [2.05, 4.69) is 25.3 Å². The zero-order valence-corrected chi connectivity index (χ0v) is 11.5. The Labute approximate surface area is 124 Å². The summed E-state index contributed by atoms with van der Waals surface area (Å²) >= 11 is 5.97. The Morgan fingerprint density at radius 1 is 1.24 bits per heavy atom. The molecule has 0 unspecified atom stereocenters. The van der Waals surface area contributed by atoms with Crippen LogP contribution in [0, 0.1) is 0 Å². The third kappa shape index (κ3) is 3.06. The summed E-state index contributed by atoms with van der Waals surface area (Å²) in [6, 6.07) is 9.49. The van der Waals surface area contributed by atoms with E-state index in [1.165, 1.54) is 12.4 Å². The molecule has 0 atom stereocenters. The lowest BCUT2D eigenvalue weighted by Gasteiger charge is -2.01. The molecule has 104 valence electrons. The molecular formula is C14H10ClN5O. The lowest BCUT2D eigenvalue weighted by molar-refractivity contribution is -0.111. The van der Waals surface area contributed by atoms with Gasteiger partial charge in [0.25, 0.3) is 5.91 Å². The van der Waals surface area contributed by atoms with Crippen molar-refractivity contribution in [1.29, 1.82) is 0 Å². The van der Waals surface area contributed by atoms with Gasteiger partial charge >= 0.3 is 0 Å². The van der Waals surface area contributed by atoms with Gasteiger partial charge in [0.05, 0.1) is 6.33 Å². The van der Waals surface area contributed by atoms with Gasteiger partial charge in [0.15, 0.2) is 10.8 Å². The van der Waals surface area contributed by atoms with Gasteiger partial charge in [-0.3, -0.25) is 10.1 Å². The molecule has 3 aromatic rings. The molecule has 0 radical (unpaired) electrons. The summed E-state index contributed by atoms with van der Waals surface area (Å²) in [6.07, 6.45) is 4.57. The van der Waals surface area contributed by atoms with Crippen molar-refractivity contribution in [3.63, 3.8) is 0 Å². The highest BCUT2D eigenvalue weighted by atomic mass is 35.5. The fraction of sp³-hybridized carbons (Fsp3) is 0. The number of fused-ring (bicyclic) bond motifs is 1. The van der Waals surface area contributed by atoms with Crippen molar-refractivity contribution in [3.05, 3.63) is 53.5 Å². The van der Waals surface area contributed by atoms with E-state index in [0.717, 1.165) is 5.56 Å². The normalized spacial score (nSPS) is 11.1. The standard InChI is InChI=1S/C14H10ClN5O/c15-12-11-13(17-8-16-11)20-14(19-12)18-10(21)7-6-9-4-2-1-3-5-9/h1-8H,(H2,16,17,18,19,20,21). The highest BCUT2D eigenvalue weighted by molar-refractivity contribution is 6.33.